The predicted octanol–water partition coefficient (Wildman–Crippen LogP) is 3.40. The van der Waals surface area contributed by atoms with Crippen molar-refractivity contribution in [3.63, 3.8) is 0 Å². The van der Waals surface area contributed by atoms with Gasteiger partial charge in [-0.25, -0.2) is 0 Å². The summed E-state index contributed by atoms with van der Waals surface area (Å²) in [6, 6.07) is 6.31. The zero-order valence-corrected chi connectivity index (χ0v) is 9.26. The first-order valence-corrected chi connectivity index (χ1v) is 4.88. The smallest absolute Gasteiger partial charge is 0.0723 e. The second-order valence-corrected chi connectivity index (χ2v) is 3.81. The van der Waals surface area contributed by atoms with Crippen molar-refractivity contribution in [2.45, 2.75) is 27.4 Å². The monoisotopic (exact) mass is 190 g/mol. The first-order valence-electron chi connectivity index (χ1n) is 4.88. The second kappa shape index (κ2) is 4.97. The Bertz CT molecular complexity index is 326. The molecule has 0 aliphatic rings. The van der Waals surface area contributed by atoms with Crippen LogP contribution in [0.2, 0.25) is 0 Å². The zero-order chi connectivity index (χ0) is 10.6. The Morgan fingerprint density at radius 2 is 2.07 bits per heavy atom. The largest absolute Gasteiger partial charge is 0.372 e. The number of hydrogen-bond acceptors (Lipinski definition) is 1. The van der Waals surface area contributed by atoms with E-state index in [1.165, 1.54) is 16.7 Å². The van der Waals surface area contributed by atoms with Crippen molar-refractivity contribution in [2.75, 3.05) is 6.61 Å². The molecule has 0 heterocycles. The molecule has 0 aliphatic carbocycles. The summed E-state index contributed by atoms with van der Waals surface area (Å²) < 4.78 is 5.52. The molecule has 1 aromatic rings. The van der Waals surface area contributed by atoms with E-state index in [0.717, 1.165) is 5.57 Å². The average molecular weight is 190 g/mol. The molecule has 0 aromatic heterocycles. The van der Waals surface area contributed by atoms with Crippen molar-refractivity contribution in [1.29, 1.82) is 0 Å². The van der Waals surface area contributed by atoms with Crippen molar-refractivity contribution in [3.8, 4) is 0 Å². The third-order valence-electron chi connectivity index (χ3n) is 2.32. The third kappa shape index (κ3) is 3.00. The first kappa shape index (κ1) is 11.0. The molecule has 0 bridgehead atoms. The lowest BCUT2D eigenvalue weighted by Gasteiger charge is -2.09. The van der Waals surface area contributed by atoms with Crippen LogP contribution < -0.4 is 0 Å². The van der Waals surface area contributed by atoms with Crippen molar-refractivity contribution >= 4 is 0 Å². The van der Waals surface area contributed by atoms with Crippen LogP contribution in [0, 0.1) is 13.8 Å². The fourth-order valence-corrected chi connectivity index (χ4v) is 1.30. The highest BCUT2D eigenvalue weighted by Crippen LogP contribution is 2.13. The van der Waals surface area contributed by atoms with Crippen molar-refractivity contribution in [2.24, 2.45) is 0 Å². The van der Waals surface area contributed by atoms with E-state index in [2.05, 4.69) is 38.6 Å². The normalized spacial score (nSPS) is 10.2. The second-order valence-electron chi connectivity index (χ2n) is 3.81. The molecule has 76 valence electrons. The number of rotatable bonds is 4. The molecule has 0 saturated carbocycles. The Labute approximate surface area is 86.4 Å². The summed E-state index contributed by atoms with van der Waals surface area (Å²) in [6.45, 7) is 11.4. The van der Waals surface area contributed by atoms with Crippen molar-refractivity contribution in [3.05, 3.63) is 47.0 Å². The van der Waals surface area contributed by atoms with Crippen LogP contribution in [0.1, 0.15) is 23.6 Å². The van der Waals surface area contributed by atoms with Gasteiger partial charge in [0.25, 0.3) is 0 Å². The average Bonchev–Trinajstić information content (AvgIpc) is 2.12. The Hall–Kier alpha value is -1.08. The topological polar surface area (TPSA) is 9.23 Å². The Morgan fingerprint density at radius 3 is 2.71 bits per heavy atom. The highest BCUT2D eigenvalue weighted by Gasteiger charge is 2.00. The highest BCUT2D eigenvalue weighted by molar-refractivity contribution is 5.32. The Morgan fingerprint density at radius 1 is 1.36 bits per heavy atom. The van der Waals surface area contributed by atoms with E-state index in [-0.39, 0.29) is 0 Å². The summed E-state index contributed by atoms with van der Waals surface area (Å²) in [5.41, 5.74) is 4.98. The minimum Gasteiger partial charge on any atom is -0.372 e. The summed E-state index contributed by atoms with van der Waals surface area (Å²) in [6.07, 6.45) is 0. The van der Waals surface area contributed by atoms with Gasteiger partial charge in [-0.05, 0) is 37.5 Å². The fourth-order valence-electron chi connectivity index (χ4n) is 1.30. The van der Waals surface area contributed by atoms with Gasteiger partial charge < -0.3 is 4.74 Å². The summed E-state index contributed by atoms with van der Waals surface area (Å²) in [5, 5.41) is 0. The molecule has 0 saturated heterocycles. The summed E-state index contributed by atoms with van der Waals surface area (Å²) in [7, 11) is 0. The molecule has 0 aliphatic heterocycles. The van der Waals surface area contributed by atoms with E-state index in [0.29, 0.717) is 13.2 Å². The molecule has 0 fully saturated rings. The number of aryl methyl sites for hydroxylation is 1. The quantitative estimate of drug-likeness (QED) is 0.661. The van der Waals surface area contributed by atoms with Gasteiger partial charge in [0.2, 0.25) is 0 Å². The molecule has 0 spiro atoms. The van der Waals surface area contributed by atoms with E-state index >= 15 is 0 Å². The third-order valence-corrected chi connectivity index (χ3v) is 2.32. The molecule has 1 heteroatoms. The maximum absolute atomic E-state index is 5.52. The van der Waals surface area contributed by atoms with Gasteiger partial charge in [-0.2, -0.15) is 0 Å². The SMILES string of the molecule is C=C(C)COCc1cccc(C)c1C. The lowest BCUT2D eigenvalue weighted by molar-refractivity contribution is 0.142. The van der Waals surface area contributed by atoms with Gasteiger partial charge in [0.1, 0.15) is 0 Å². The van der Waals surface area contributed by atoms with Gasteiger partial charge >= 0.3 is 0 Å². The van der Waals surface area contributed by atoms with Gasteiger partial charge in [0.05, 0.1) is 13.2 Å². The molecular weight excluding hydrogens is 172 g/mol. The van der Waals surface area contributed by atoms with Crippen LogP contribution in [0.25, 0.3) is 0 Å². The molecule has 1 rings (SSSR count). The van der Waals surface area contributed by atoms with E-state index in [1.807, 2.05) is 6.92 Å². The molecular formula is C13H18O. The van der Waals surface area contributed by atoms with Gasteiger partial charge in [-0.1, -0.05) is 30.4 Å². The van der Waals surface area contributed by atoms with E-state index < -0.39 is 0 Å². The number of hydrogen-bond donors (Lipinski definition) is 0. The Kier molecular flexibility index (Phi) is 3.90. The van der Waals surface area contributed by atoms with Gasteiger partial charge in [0.15, 0.2) is 0 Å². The van der Waals surface area contributed by atoms with Crippen LogP contribution in [-0.4, -0.2) is 6.61 Å². The molecule has 1 aromatic carbocycles. The molecule has 0 radical (unpaired) electrons. The van der Waals surface area contributed by atoms with Crippen LogP contribution in [-0.2, 0) is 11.3 Å². The number of ether oxygens (including phenoxy) is 1. The van der Waals surface area contributed by atoms with Gasteiger partial charge in [0, 0.05) is 0 Å². The molecule has 0 unspecified atom stereocenters. The van der Waals surface area contributed by atoms with Crippen molar-refractivity contribution in [1.82, 2.24) is 0 Å². The summed E-state index contributed by atoms with van der Waals surface area (Å²) in [5.74, 6) is 0. The maximum Gasteiger partial charge on any atom is 0.0723 e. The van der Waals surface area contributed by atoms with Crippen LogP contribution >= 0.6 is 0 Å². The van der Waals surface area contributed by atoms with Crippen LogP contribution in [0.5, 0.6) is 0 Å². The summed E-state index contributed by atoms with van der Waals surface area (Å²) >= 11 is 0. The highest BCUT2D eigenvalue weighted by atomic mass is 16.5. The lowest BCUT2D eigenvalue weighted by Crippen LogP contribution is -1.98. The van der Waals surface area contributed by atoms with E-state index in [4.69, 9.17) is 4.74 Å². The molecule has 0 amide bonds. The minimum absolute atomic E-state index is 0.646. The minimum atomic E-state index is 0.646. The molecule has 14 heavy (non-hydrogen) atoms. The van der Waals surface area contributed by atoms with Crippen LogP contribution in [0.15, 0.2) is 30.4 Å². The lowest BCUT2D eigenvalue weighted by atomic mass is 10.0. The Balaban J connectivity index is 2.59. The van der Waals surface area contributed by atoms with Crippen LogP contribution in [0.4, 0.5) is 0 Å². The van der Waals surface area contributed by atoms with E-state index in [9.17, 15) is 0 Å². The standard InChI is InChI=1S/C13H18O/c1-10(2)8-14-9-13-7-5-6-11(3)12(13)4/h5-7H,1,8-9H2,2-4H3. The number of benzene rings is 1. The van der Waals surface area contributed by atoms with Gasteiger partial charge in [-0.15, -0.1) is 0 Å². The maximum atomic E-state index is 5.52. The van der Waals surface area contributed by atoms with Gasteiger partial charge in [-0.3, -0.25) is 0 Å². The first-order chi connectivity index (χ1) is 6.61. The molecule has 0 atom stereocenters. The molecule has 0 N–H and O–H groups in total. The molecule has 1 nitrogen and oxygen atoms in total. The fraction of sp³-hybridized carbons (Fsp3) is 0.385. The van der Waals surface area contributed by atoms with Crippen LogP contribution in [0.3, 0.4) is 0 Å². The zero-order valence-electron chi connectivity index (χ0n) is 9.26. The van der Waals surface area contributed by atoms with E-state index in [1.54, 1.807) is 0 Å². The van der Waals surface area contributed by atoms with Crippen molar-refractivity contribution < 1.29 is 4.74 Å². The summed E-state index contributed by atoms with van der Waals surface area (Å²) in [4.78, 5) is 0. The predicted molar refractivity (Wildman–Crippen MR) is 60.4 cm³/mol.